The van der Waals surface area contributed by atoms with Crippen LogP contribution in [0, 0.1) is 6.92 Å². The van der Waals surface area contributed by atoms with Crippen LogP contribution in [0.3, 0.4) is 0 Å². The highest BCUT2D eigenvalue weighted by atomic mass is 16.5. The number of amides is 1. The van der Waals surface area contributed by atoms with Crippen LogP contribution < -0.4 is 5.32 Å². The molecule has 2 aliphatic heterocycles. The van der Waals surface area contributed by atoms with Gasteiger partial charge in [-0.25, -0.2) is 0 Å². The van der Waals surface area contributed by atoms with E-state index in [1.807, 2.05) is 4.90 Å². The van der Waals surface area contributed by atoms with Crippen molar-refractivity contribution < 1.29 is 9.53 Å². The number of rotatable bonds is 3. The molecule has 2 fully saturated rings. The lowest BCUT2D eigenvalue weighted by molar-refractivity contribution is -0.145. The zero-order chi connectivity index (χ0) is 16.0. The molecular weight excluding hydrogens is 288 g/mol. The van der Waals surface area contributed by atoms with Crippen molar-refractivity contribution in [2.24, 2.45) is 0 Å². The van der Waals surface area contributed by atoms with E-state index >= 15 is 0 Å². The molecule has 1 aliphatic carbocycles. The van der Waals surface area contributed by atoms with Gasteiger partial charge in [0, 0.05) is 26.2 Å². The summed E-state index contributed by atoms with van der Waals surface area (Å²) in [4.78, 5) is 14.7. The Morgan fingerprint density at radius 2 is 2.22 bits per heavy atom. The summed E-state index contributed by atoms with van der Waals surface area (Å²) in [5.74, 6) is 0.188. The minimum absolute atomic E-state index is 0.188. The highest BCUT2D eigenvalue weighted by Gasteiger charge is 2.52. The van der Waals surface area contributed by atoms with Crippen LogP contribution in [0.4, 0.5) is 0 Å². The number of aryl methyl sites for hydroxylation is 1. The van der Waals surface area contributed by atoms with Crippen molar-refractivity contribution in [3.8, 4) is 0 Å². The van der Waals surface area contributed by atoms with Gasteiger partial charge >= 0.3 is 0 Å². The summed E-state index contributed by atoms with van der Waals surface area (Å²) in [5.41, 5.74) is 5.07. The molecule has 1 aromatic rings. The Kier molecular flexibility index (Phi) is 3.69. The summed E-state index contributed by atoms with van der Waals surface area (Å²) in [6, 6.07) is 5.11. The second kappa shape index (κ2) is 5.60. The Morgan fingerprint density at radius 3 is 2.87 bits per heavy atom. The molecule has 0 spiro atoms. The molecule has 1 saturated heterocycles. The number of ether oxygens (including phenoxy) is 1. The first-order chi connectivity index (χ1) is 11.1. The lowest BCUT2D eigenvalue weighted by Crippen LogP contribution is -2.44. The van der Waals surface area contributed by atoms with E-state index in [0.717, 1.165) is 38.9 Å². The number of nitrogens with zero attached hydrogens (tertiary/aromatic N) is 1. The summed E-state index contributed by atoms with van der Waals surface area (Å²) in [5, 5.41) is 3.63. The Morgan fingerprint density at radius 1 is 1.39 bits per heavy atom. The smallest absolute Gasteiger partial charge is 0.255 e. The Balaban J connectivity index is 1.61. The van der Waals surface area contributed by atoms with Gasteiger partial charge in [0.15, 0.2) is 0 Å². The van der Waals surface area contributed by atoms with E-state index in [-0.39, 0.29) is 5.91 Å². The number of fused-ring (bicyclic) bond motifs is 1. The molecule has 23 heavy (non-hydrogen) atoms. The lowest BCUT2D eigenvalue weighted by Gasteiger charge is -2.33. The Hall–Kier alpha value is -1.39. The third-order valence-electron chi connectivity index (χ3n) is 5.72. The minimum Gasteiger partial charge on any atom is -0.368 e. The van der Waals surface area contributed by atoms with Gasteiger partial charge in [0.25, 0.3) is 5.91 Å². The minimum atomic E-state index is -0.503. The van der Waals surface area contributed by atoms with E-state index in [0.29, 0.717) is 6.04 Å². The van der Waals surface area contributed by atoms with Crippen LogP contribution in [0.25, 0.3) is 0 Å². The average Bonchev–Trinajstić information content (AvgIpc) is 3.18. The topological polar surface area (TPSA) is 41.6 Å². The molecule has 3 aliphatic rings. The normalized spacial score (nSPS) is 25.3. The van der Waals surface area contributed by atoms with Crippen molar-refractivity contribution in [2.75, 3.05) is 20.2 Å². The molecule has 0 unspecified atom stereocenters. The first kappa shape index (κ1) is 15.2. The molecular formula is C19H26N2O2. The van der Waals surface area contributed by atoms with Crippen LogP contribution in [0.1, 0.15) is 54.0 Å². The molecule has 124 valence electrons. The van der Waals surface area contributed by atoms with E-state index in [1.165, 1.54) is 35.1 Å². The highest BCUT2D eigenvalue weighted by Crippen LogP contribution is 2.42. The third kappa shape index (κ3) is 2.58. The number of hydrogen-bond donors (Lipinski definition) is 1. The largest absolute Gasteiger partial charge is 0.368 e. The van der Waals surface area contributed by atoms with Gasteiger partial charge in [0.2, 0.25) is 0 Å². The van der Waals surface area contributed by atoms with Crippen LogP contribution >= 0.6 is 0 Å². The summed E-state index contributed by atoms with van der Waals surface area (Å²) in [7, 11) is 1.66. The molecule has 0 radical (unpaired) electrons. The van der Waals surface area contributed by atoms with E-state index in [9.17, 15) is 4.79 Å². The molecule has 1 saturated carbocycles. The SMILES string of the molecule is COC1(C(=O)N2CCc3c(cc(C)cc3[C@@H]3CCCN3)C2)CC1. The fourth-order valence-electron chi connectivity index (χ4n) is 4.24. The number of carbonyl (C=O) groups is 1. The summed E-state index contributed by atoms with van der Waals surface area (Å²) in [6.45, 7) is 4.84. The van der Waals surface area contributed by atoms with Gasteiger partial charge in [-0.05, 0) is 62.3 Å². The van der Waals surface area contributed by atoms with Gasteiger partial charge in [-0.2, -0.15) is 0 Å². The van der Waals surface area contributed by atoms with Gasteiger partial charge in [-0.1, -0.05) is 17.7 Å². The predicted octanol–water partition coefficient (Wildman–Crippen LogP) is 2.48. The maximum Gasteiger partial charge on any atom is 0.255 e. The first-order valence-electron chi connectivity index (χ1n) is 8.83. The number of hydrogen-bond acceptors (Lipinski definition) is 3. The number of methoxy groups -OCH3 is 1. The van der Waals surface area contributed by atoms with Crippen molar-refractivity contribution in [1.29, 1.82) is 0 Å². The van der Waals surface area contributed by atoms with Crippen LogP contribution in [0.2, 0.25) is 0 Å². The molecule has 1 aromatic carbocycles. The molecule has 1 amide bonds. The first-order valence-corrected chi connectivity index (χ1v) is 8.83. The maximum absolute atomic E-state index is 12.7. The predicted molar refractivity (Wildman–Crippen MR) is 89.3 cm³/mol. The average molecular weight is 314 g/mol. The quantitative estimate of drug-likeness (QED) is 0.932. The summed E-state index contributed by atoms with van der Waals surface area (Å²) in [6.07, 6.45) is 5.20. The van der Waals surface area contributed by atoms with Crippen molar-refractivity contribution in [1.82, 2.24) is 10.2 Å². The molecule has 2 heterocycles. The van der Waals surface area contributed by atoms with Gasteiger partial charge in [0.1, 0.15) is 5.60 Å². The fraction of sp³-hybridized carbons (Fsp3) is 0.632. The molecule has 4 rings (SSSR count). The second-order valence-corrected chi connectivity index (χ2v) is 7.32. The van der Waals surface area contributed by atoms with Gasteiger partial charge in [-0.15, -0.1) is 0 Å². The van der Waals surface area contributed by atoms with E-state index in [1.54, 1.807) is 7.11 Å². The lowest BCUT2D eigenvalue weighted by atomic mass is 9.88. The number of benzene rings is 1. The van der Waals surface area contributed by atoms with Gasteiger partial charge < -0.3 is 15.0 Å². The van der Waals surface area contributed by atoms with E-state index in [2.05, 4.69) is 24.4 Å². The van der Waals surface area contributed by atoms with Crippen molar-refractivity contribution in [2.45, 2.75) is 57.2 Å². The second-order valence-electron chi connectivity index (χ2n) is 7.32. The van der Waals surface area contributed by atoms with Crippen molar-refractivity contribution in [3.05, 3.63) is 34.4 Å². The van der Waals surface area contributed by atoms with Crippen LogP contribution in [0.5, 0.6) is 0 Å². The maximum atomic E-state index is 12.7. The monoisotopic (exact) mass is 314 g/mol. The fourth-order valence-corrected chi connectivity index (χ4v) is 4.24. The molecule has 1 atom stereocenters. The molecule has 4 nitrogen and oxygen atoms in total. The molecule has 0 bridgehead atoms. The van der Waals surface area contributed by atoms with Crippen molar-refractivity contribution >= 4 is 5.91 Å². The third-order valence-corrected chi connectivity index (χ3v) is 5.72. The van der Waals surface area contributed by atoms with Crippen LogP contribution in [-0.2, 0) is 22.5 Å². The summed E-state index contributed by atoms with van der Waals surface area (Å²) >= 11 is 0. The summed E-state index contributed by atoms with van der Waals surface area (Å²) < 4.78 is 5.48. The van der Waals surface area contributed by atoms with Gasteiger partial charge in [0.05, 0.1) is 0 Å². The molecule has 1 N–H and O–H groups in total. The van der Waals surface area contributed by atoms with Crippen LogP contribution in [-0.4, -0.2) is 36.6 Å². The highest BCUT2D eigenvalue weighted by molar-refractivity contribution is 5.88. The van der Waals surface area contributed by atoms with E-state index in [4.69, 9.17) is 4.74 Å². The zero-order valence-corrected chi connectivity index (χ0v) is 14.2. The van der Waals surface area contributed by atoms with Crippen LogP contribution in [0.15, 0.2) is 12.1 Å². The molecule has 0 aromatic heterocycles. The zero-order valence-electron chi connectivity index (χ0n) is 14.2. The standard InChI is InChI=1S/C19H26N2O2/c1-13-10-14-12-21(18(22)19(23-2)6-7-19)9-5-15(14)16(11-13)17-4-3-8-20-17/h10-11,17,20H,3-9,12H2,1-2H3/t17-/m0/s1. The Bertz CT molecular complexity index is 631. The van der Waals surface area contributed by atoms with E-state index < -0.39 is 5.60 Å². The van der Waals surface area contributed by atoms with Gasteiger partial charge in [-0.3, -0.25) is 4.79 Å². The number of carbonyl (C=O) groups excluding carboxylic acids is 1. The van der Waals surface area contributed by atoms with Crippen molar-refractivity contribution in [3.63, 3.8) is 0 Å². The molecule has 4 heteroatoms. The number of nitrogens with one attached hydrogen (secondary N) is 1. The Labute approximate surface area is 138 Å².